The fourth-order valence-corrected chi connectivity index (χ4v) is 2.52. The van der Waals surface area contributed by atoms with Crippen molar-refractivity contribution in [2.24, 2.45) is 5.92 Å². The number of hydrogen-bond donors (Lipinski definition) is 0. The second kappa shape index (κ2) is 4.68. The molecule has 1 fully saturated rings. The number of benzene rings is 1. The van der Waals surface area contributed by atoms with Gasteiger partial charge in [0.15, 0.2) is 5.78 Å². The van der Waals surface area contributed by atoms with Crippen LogP contribution in [0.3, 0.4) is 0 Å². The van der Waals surface area contributed by atoms with Gasteiger partial charge in [0.1, 0.15) is 5.78 Å². The summed E-state index contributed by atoms with van der Waals surface area (Å²) in [5.74, 6) is -0.0269. The van der Waals surface area contributed by atoms with Crippen LogP contribution in [0.2, 0.25) is 5.02 Å². The van der Waals surface area contributed by atoms with Gasteiger partial charge in [-0.1, -0.05) is 27.5 Å². The molecule has 0 bridgehead atoms. The zero-order valence-electron chi connectivity index (χ0n) is 8.50. The number of ketones is 2. The molecule has 0 aromatic heterocycles. The highest BCUT2D eigenvalue weighted by Crippen LogP contribution is 2.30. The van der Waals surface area contributed by atoms with Crippen molar-refractivity contribution in [2.45, 2.75) is 19.3 Å². The van der Waals surface area contributed by atoms with Crippen LogP contribution in [0.15, 0.2) is 22.7 Å². The van der Waals surface area contributed by atoms with E-state index in [4.69, 9.17) is 11.6 Å². The van der Waals surface area contributed by atoms with Gasteiger partial charge in [-0.3, -0.25) is 9.59 Å². The van der Waals surface area contributed by atoms with Gasteiger partial charge in [0.05, 0.1) is 5.02 Å². The standard InChI is InChI=1S/C12H10BrClO2/c13-8-2-4-11(14)10(6-8)12(16)7-1-3-9(15)5-7/h2,4,6-7H,1,3,5H2. The number of hydrogen-bond acceptors (Lipinski definition) is 2. The molecule has 1 saturated carbocycles. The van der Waals surface area contributed by atoms with Gasteiger partial charge >= 0.3 is 0 Å². The zero-order chi connectivity index (χ0) is 11.7. The molecule has 1 aliphatic rings. The van der Waals surface area contributed by atoms with Gasteiger partial charge in [-0.25, -0.2) is 0 Å². The molecule has 0 N–H and O–H groups in total. The summed E-state index contributed by atoms with van der Waals surface area (Å²) in [5.41, 5.74) is 0.510. The van der Waals surface area contributed by atoms with Crippen LogP contribution in [-0.2, 0) is 4.79 Å². The average molecular weight is 302 g/mol. The molecule has 1 aromatic rings. The average Bonchev–Trinajstić information content (AvgIpc) is 2.67. The number of rotatable bonds is 2. The number of halogens is 2. The first kappa shape index (κ1) is 11.8. The predicted octanol–water partition coefficient (Wildman–Crippen LogP) is 3.65. The van der Waals surface area contributed by atoms with Crippen LogP contribution in [0.25, 0.3) is 0 Å². The molecule has 1 unspecified atom stereocenters. The van der Waals surface area contributed by atoms with Crippen molar-refractivity contribution in [1.82, 2.24) is 0 Å². The molecular formula is C12H10BrClO2. The summed E-state index contributed by atoms with van der Waals surface area (Å²) in [6, 6.07) is 5.20. The minimum absolute atomic E-state index is 0.0165. The fourth-order valence-electron chi connectivity index (χ4n) is 1.94. The van der Waals surface area contributed by atoms with Gasteiger partial charge < -0.3 is 0 Å². The molecule has 0 heterocycles. The van der Waals surface area contributed by atoms with E-state index in [0.717, 1.165) is 4.47 Å². The Morgan fingerprint density at radius 3 is 2.81 bits per heavy atom. The maximum absolute atomic E-state index is 12.1. The lowest BCUT2D eigenvalue weighted by Crippen LogP contribution is -2.12. The first-order valence-corrected chi connectivity index (χ1v) is 6.26. The molecule has 84 valence electrons. The second-order valence-electron chi connectivity index (χ2n) is 3.97. The van der Waals surface area contributed by atoms with E-state index in [0.29, 0.717) is 29.8 Å². The molecule has 0 aliphatic heterocycles. The smallest absolute Gasteiger partial charge is 0.167 e. The molecule has 0 saturated heterocycles. The molecule has 16 heavy (non-hydrogen) atoms. The summed E-state index contributed by atoms with van der Waals surface area (Å²) >= 11 is 9.29. The Morgan fingerprint density at radius 1 is 1.44 bits per heavy atom. The third-order valence-electron chi connectivity index (χ3n) is 2.81. The summed E-state index contributed by atoms with van der Waals surface area (Å²) < 4.78 is 0.824. The van der Waals surface area contributed by atoms with Crippen molar-refractivity contribution >= 4 is 39.1 Å². The lowest BCUT2D eigenvalue weighted by atomic mass is 9.96. The quantitative estimate of drug-likeness (QED) is 0.781. The van der Waals surface area contributed by atoms with E-state index in [1.165, 1.54) is 0 Å². The normalized spacial score (nSPS) is 20.1. The molecule has 1 aliphatic carbocycles. The van der Waals surface area contributed by atoms with Crippen LogP contribution in [0.1, 0.15) is 29.6 Å². The number of carbonyl (C=O) groups is 2. The van der Waals surface area contributed by atoms with Crippen molar-refractivity contribution in [3.63, 3.8) is 0 Å². The van der Waals surface area contributed by atoms with E-state index < -0.39 is 0 Å². The highest BCUT2D eigenvalue weighted by atomic mass is 79.9. The zero-order valence-corrected chi connectivity index (χ0v) is 10.8. The summed E-state index contributed by atoms with van der Waals surface area (Å²) in [6.45, 7) is 0. The summed E-state index contributed by atoms with van der Waals surface area (Å²) in [7, 11) is 0. The Labute approximate surface area is 107 Å². The van der Waals surface area contributed by atoms with Gasteiger partial charge in [-0.15, -0.1) is 0 Å². The van der Waals surface area contributed by atoms with E-state index in [1.807, 2.05) is 0 Å². The SMILES string of the molecule is O=C1CCC(C(=O)c2cc(Br)ccc2Cl)C1. The predicted molar refractivity (Wildman–Crippen MR) is 65.8 cm³/mol. The molecule has 4 heteroatoms. The summed E-state index contributed by atoms with van der Waals surface area (Å²) in [4.78, 5) is 23.3. The van der Waals surface area contributed by atoms with E-state index in [1.54, 1.807) is 18.2 Å². The topological polar surface area (TPSA) is 34.1 Å². The molecule has 0 radical (unpaired) electrons. The molecular weight excluding hydrogens is 291 g/mol. The fraction of sp³-hybridized carbons (Fsp3) is 0.333. The Kier molecular flexibility index (Phi) is 3.45. The minimum atomic E-state index is -0.181. The third-order valence-corrected chi connectivity index (χ3v) is 3.63. The lowest BCUT2D eigenvalue weighted by molar-refractivity contribution is -0.117. The minimum Gasteiger partial charge on any atom is -0.300 e. The lowest BCUT2D eigenvalue weighted by Gasteiger charge is -2.09. The van der Waals surface area contributed by atoms with Crippen LogP contribution in [0.5, 0.6) is 0 Å². The van der Waals surface area contributed by atoms with Crippen LogP contribution in [0, 0.1) is 5.92 Å². The van der Waals surface area contributed by atoms with Gasteiger partial charge in [-0.2, -0.15) is 0 Å². The molecule has 0 spiro atoms. The van der Waals surface area contributed by atoms with Crippen LogP contribution >= 0.6 is 27.5 Å². The highest BCUT2D eigenvalue weighted by molar-refractivity contribution is 9.10. The van der Waals surface area contributed by atoms with Crippen molar-refractivity contribution in [3.05, 3.63) is 33.3 Å². The molecule has 2 nitrogen and oxygen atoms in total. The summed E-state index contributed by atoms with van der Waals surface area (Å²) in [5, 5.41) is 0.451. The van der Waals surface area contributed by atoms with Crippen molar-refractivity contribution in [1.29, 1.82) is 0 Å². The first-order chi connectivity index (χ1) is 7.58. The Bertz CT molecular complexity index is 456. The van der Waals surface area contributed by atoms with E-state index >= 15 is 0 Å². The van der Waals surface area contributed by atoms with Gasteiger partial charge in [0.2, 0.25) is 0 Å². The number of carbonyl (C=O) groups excluding carboxylic acids is 2. The first-order valence-electron chi connectivity index (χ1n) is 5.09. The van der Waals surface area contributed by atoms with E-state index in [9.17, 15) is 9.59 Å². The van der Waals surface area contributed by atoms with E-state index in [2.05, 4.69) is 15.9 Å². The summed E-state index contributed by atoms with van der Waals surface area (Å²) in [6.07, 6.45) is 1.53. The maximum atomic E-state index is 12.1. The van der Waals surface area contributed by atoms with Crippen molar-refractivity contribution < 1.29 is 9.59 Å². The maximum Gasteiger partial charge on any atom is 0.167 e. The molecule has 2 rings (SSSR count). The Hall–Kier alpha value is -0.670. The van der Waals surface area contributed by atoms with Crippen LogP contribution in [-0.4, -0.2) is 11.6 Å². The van der Waals surface area contributed by atoms with Gasteiger partial charge in [0, 0.05) is 28.8 Å². The van der Waals surface area contributed by atoms with Crippen LogP contribution < -0.4 is 0 Å². The molecule has 0 amide bonds. The second-order valence-corrected chi connectivity index (χ2v) is 5.29. The largest absolute Gasteiger partial charge is 0.300 e. The van der Waals surface area contributed by atoms with Crippen molar-refractivity contribution in [3.8, 4) is 0 Å². The molecule has 1 aromatic carbocycles. The molecule has 1 atom stereocenters. The van der Waals surface area contributed by atoms with Crippen LogP contribution in [0.4, 0.5) is 0 Å². The van der Waals surface area contributed by atoms with Gasteiger partial charge in [-0.05, 0) is 24.6 Å². The highest BCUT2D eigenvalue weighted by Gasteiger charge is 2.29. The Morgan fingerprint density at radius 2 is 2.19 bits per heavy atom. The van der Waals surface area contributed by atoms with Crippen molar-refractivity contribution in [2.75, 3.05) is 0 Å². The third kappa shape index (κ3) is 2.36. The Balaban J connectivity index is 2.27. The van der Waals surface area contributed by atoms with E-state index in [-0.39, 0.29) is 17.5 Å². The van der Waals surface area contributed by atoms with Gasteiger partial charge in [0.25, 0.3) is 0 Å². The monoisotopic (exact) mass is 300 g/mol. The number of Topliss-reactive ketones (excluding diaryl/α,β-unsaturated/α-hetero) is 2.